The van der Waals surface area contributed by atoms with Gasteiger partial charge in [0.05, 0.1) is 39.6 Å². The molecule has 0 fully saturated rings. The minimum Gasteiger partial charge on any atom is -0.379 e. The number of hydrogen-bond donors (Lipinski definition) is 1. The Hall–Kier alpha value is -0.950. The standard InChI is InChI=1S/C15H29N3O3/c1-3-4-8-19-10-12-21-13-11-20-9-7-18-6-5-17-15(18)14-16-2/h5-6,16H,3-4,7-14H2,1-2H3. The second-order valence-electron chi connectivity index (χ2n) is 4.76. The Balaban J connectivity index is 1.89. The first kappa shape index (κ1) is 18.1. The van der Waals surface area contributed by atoms with E-state index < -0.39 is 0 Å². The van der Waals surface area contributed by atoms with Crippen molar-refractivity contribution in [2.45, 2.75) is 32.9 Å². The van der Waals surface area contributed by atoms with Crippen LogP contribution in [0.4, 0.5) is 0 Å². The Morgan fingerprint density at radius 2 is 1.71 bits per heavy atom. The summed E-state index contributed by atoms with van der Waals surface area (Å²) in [5.74, 6) is 1.03. The van der Waals surface area contributed by atoms with Crippen molar-refractivity contribution in [3.63, 3.8) is 0 Å². The molecule has 0 aromatic carbocycles. The second-order valence-corrected chi connectivity index (χ2v) is 4.76. The molecule has 6 nitrogen and oxygen atoms in total. The lowest BCUT2D eigenvalue weighted by molar-refractivity contribution is 0.0126. The van der Waals surface area contributed by atoms with E-state index in [0.717, 1.165) is 31.9 Å². The minimum atomic E-state index is 0.616. The lowest BCUT2D eigenvalue weighted by Gasteiger charge is -2.09. The topological polar surface area (TPSA) is 57.5 Å². The van der Waals surface area contributed by atoms with Gasteiger partial charge in [0.2, 0.25) is 0 Å². The summed E-state index contributed by atoms with van der Waals surface area (Å²) in [7, 11) is 1.92. The smallest absolute Gasteiger partial charge is 0.122 e. The Kier molecular flexibility index (Phi) is 11.0. The Morgan fingerprint density at radius 3 is 2.38 bits per heavy atom. The van der Waals surface area contributed by atoms with Gasteiger partial charge in [0.15, 0.2) is 0 Å². The highest BCUT2D eigenvalue weighted by molar-refractivity contribution is 4.91. The lowest BCUT2D eigenvalue weighted by Crippen LogP contribution is -2.15. The van der Waals surface area contributed by atoms with Crippen LogP contribution in [0.2, 0.25) is 0 Å². The first-order chi connectivity index (χ1) is 10.4. The maximum atomic E-state index is 5.55. The van der Waals surface area contributed by atoms with E-state index >= 15 is 0 Å². The SMILES string of the molecule is CCCCOCCOCCOCCn1ccnc1CNC. The van der Waals surface area contributed by atoms with Gasteiger partial charge in [-0.1, -0.05) is 13.3 Å². The summed E-state index contributed by atoms with van der Waals surface area (Å²) in [6, 6.07) is 0. The quantitative estimate of drug-likeness (QED) is 0.527. The number of hydrogen-bond acceptors (Lipinski definition) is 5. The van der Waals surface area contributed by atoms with Crippen LogP contribution in [0.25, 0.3) is 0 Å². The van der Waals surface area contributed by atoms with Gasteiger partial charge in [-0.25, -0.2) is 4.98 Å². The highest BCUT2D eigenvalue weighted by Crippen LogP contribution is 1.97. The molecule has 1 rings (SSSR count). The highest BCUT2D eigenvalue weighted by atomic mass is 16.5. The van der Waals surface area contributed by atoms with Crippen LogP contribution in [-0.2, 0) is 27.3 Å². The van der Waals surface area contributed by atoms with Crippen molar-refractivity contribution in [1.82, 2.24) is 14.9 Å². The molecule has 1 aromatic heterocycles. The van der Waals surface area contributed by atoms with Crippen molar-refractivity contribution in [3.05, 3.63) is 18.2 Å². The molecule has 1 N–H and O–H groups in total. The van der Waals surface area contributed by atoms with E-state index in [0.29, 0.717) is 33.0 Å². The molecule has 0 bridgehead atoms. The third-order valence-electron chi connectivity index (χ3n) is 3.00. The van der Waals surface area contributed by atoms with Gasteiger partial charge in [0.25, 0.3) is 0 Å². The number of imidazole rings is 1. The molecule has 21 heavy (non-hydrogen) atoms. The van der Waals surface area contributed by atoms with Crippen LogP contribution in [0.1, 0.15) is 25.6 Å². The average molecular weight is 299 g/mol. The van der Waals surface area contributed by atoms with Crippen molar-refractivity contribution >= 4 is 0 Å². The van der Waals surface area contributed by atoms with E-state index in [-0.39, 0.29) is 0 Å². The number of nitrogens with one attached hydrogen (secondary N) is 1. The first-order valence-electron chi connectivity index (χ1n) is 7.76. The molecule has 1 heterocycles. The second kappa shape index (κ2) is 12.8. The van der Waals surface area contributed by atoms with Crippen molar-refractivity contribution in [2.24, 2.45) is 0 Å². The number of nitrogens with zero attached hydrogens (tertiary/aromatic N) is 2. The van der Waals surface area contributed by atoms with E-state index in [1.165, 1.54) is 6.42 Å². The fraction of sp³-hybridized carbons (Fsp3) is 0.800. The van der Waals surface area contributed by atoms with E-state index in [1.807, 2.05) is 19.4 Å². The molecular weight excluding hydrogens is 270 g/mol. The van der Waals surface area contributed by atoms with Crippen LogP contribution < -0.4 is 5.32 Å². The minimum absolute atomic E-state index is 0.616. The van der Waals surface area contributed by atoms with Gasteiger partial charge in [-0.3, -0.25) is 0 Å². The van der Waals surface area contributed by atoms with Gasteiger partial charge >= 0.3 is 0 Å². The largest absolute Gasteiger partial charge is 0.379 e. The zero-order valence-electron chi connectivity index (χ0n) is 13.3. The molecule has 0 saturated carbocycles. The van der Waals surface area contributed by atoms with Crippen molar-refractivity contribution < 1.29 is 14.2 Å². The zero-order valence-corrected chi connectivity index (χ0v) is 13.3. The van der Waals surface area contributed by atoms with E-state index in [1.54, 1.807) is 0 Å². The van der Waals surface area contributed by atoms with Gasteiger partial charge in [0.1, 0.15) is 5.82 Å². The molecule has 6 heteroatoms. The Labute approximate surface area is 127 Å². The maximum Gasteiger partial charge on any atom is 0.122 e. The predicted octanol–water partition coefficient (Wildman–Crippen LogP) is 1.45. The zero-order chi connectivity index (χ0) is 15.2. The molecule has 0 amide bonds. The van der Waals surface area contributed by atoms with Gasteiger partial charge in [0, 0.05) is 25.5 Å². The molecule has 0 atom stereocenters. The fourth-order valence-electron chi connectivity index (χ4n) is 1.82. The molecule has 1 aromatic rings. The molecule has 122 valence electrons. The van der Waals surface area contributed by atoms with Crippen molar-refractivity contribution in [1.29, 1.82) is 0 Å². The normalized spacial score (nSPS) is 11.1. The van der Waals surface area contributed by atoms with E-state index in [9.17, 15) is 0 Å². The van der Waals surface area contributed by atoms with Gasteiger partial charge < -0.3 is 24.1 Å². The fourth-order valence-corrected chi connectivity index (χ4v) is 1.82. The molecule has 0 saturated heterocycles. The van der Waals surface area contributed by atoms with Crippen LogP contribution in [0.15, 0.2) is 12.4 Å². The third kappa shape index (κ3) is 8.83. The lowest BCUT2D eigenvalue weighted by atomic mass is 10.4. The summed E-state index contributed by atoms with van der Waals surface area (Å²) in [5.41, 5.74) is 0. The van der Waals surface area contributed by atoms with Crippen molar-refractivity contribution in [2.75, 3.05) is 46.7 Å². The molecular formula is C15H29N3O3. The summed E-state index contributed by atoms with van der Waals surface area (Å²) in [5, 5.41) is 3.10. The molecule has 0 aliphatic rings. The summed E-state index contributed by atoms with van der Waals surface area (Å²) in [6.45, 7) is 7.78. The molecule has 0 radical (unpaired) electrons. The van der Waals surface area contributed by atoms with Crippen LogP contribution in [-0.4, -0.2) is 56.2 Å². The first-order valence-corrected chi connectivity index (χ1v) is 7.76. The number of aromatic nitrogens is 2. The van der Waals surface area contributed by atoms with E-state index in [2.05, 4.69) is 21.8 Å². The molecule has 0 unspecified atom stereocenters. The monoisotopic (exact) mass is 299 g/mol. The van der Waals surface area contributed by atoms with Gasteiger partial charge in [-0.05, 0) is 13.5 Å². The summed E-state index contributed by atoms with van der Waals surface area (Å²) in [6.07, 6.45) is 6.07. The number of rotatable bonds is 14. The predicted molar refractivity (Wildman–Crippen MR) is 82.4 cm³/mol. The van der Waals surface area contributed by atoms with E-state index in [4.69, 9.17) is 14.2 Å². The summed E-state index contributed by atoms with van der Waals surface area (Å²) in [4.78, 5) is 4.28. The highest BCUT2D eigenvalue weighted by Gasteiger charge is 2.00. The molecule has 0 aliphatic heterocycles. The Morgan fingerprint density at radius 1 is 1.05 bits per heavy atom. The van der Waals surface area contributed by atoms with Crippen LogP contribution in [0, 0.1) is 0 Å². The maximum absolute atomic E-state index is 5.55. The third-order valence-corrected chi connectivity index (χ3v) is 3.00. The van der Waals surface area contributed by atoms with Crippen molar-refractivity contribution in [3.8, 4) is 0 Å². The van der Waals surface area contributed by atoms with Crippen LogP contribution >= 0.6 is 0 Å². The summed E-state index contributed by atoms with van der Waals surface area (Å²) >= 11 is 0. The van der Waals surface area contributed by atoms with Gasteiger partial charge in [-0.2, -0.15) is 0 Å². The molecule has 0 aliphatic carbocycles. The van der Waals surface area contributed by atoms with Crippen LogP contribution in [0.3, 0.4) is 0 Å². The number of unbranched alkanes of at least 4 members (excludes halogenated alkanes) is 1. The Bertz CT molecular complexity index is 345. The van der Waals surface area contributed by atoms with Gasteiger partial charge in [-0.15, -0.1) is 0 Å². The summed E-state index contributed by atoms with van der Waals surface area (Å²) < 4.78 is 18.5. The average Bonchev–Trinajstić information content (AvgIpc) is 2.92. The molecule has 0 spiro atoms. The van der Waals surface area contributed by atoms with Crippen LogP contribution in [0.5, 0.6) is 0 Å². The number of ether oxygens (including phenoxy) is 3.